The zero-order valence-electron chi connectivity index (χ0n) is 17.0. The molecule has 1 aromatic carbocycles. The molecule has 9 nitrogen and oxygen atoms in total. The monoisotopic (exact) mass is 412 g/mol. The zero-order valence-corrected chi connectivity index (χ0v) is 17.0. The number of hydrogen-bond acceptors (Lipinski definition) is 6. The Balaban J connectivity index is 1.77. The summed E-state index contributed by atoms with van der Waals surface area (Å²) in [7, 11) is 1.79. The van der Waals surface area contributed by atoms with Gasteiger partial charge in [-0.05, 0) is 19.4 Å². The molecule has 4 rings (SSSR count). The standard InChI is InChI=1S/C22H16N6O3/c1-5-28-21(29)15(12(2)16(11-23)22(28)30)10-17-25-19-20(31-17)26-18(27(19)4)13-6-8-14(24-3)9-7-13/h6-10H,5H2,1-2,4H3/b15-10-. The van der Waals surface area contributed by atoms with E-state index in [2.05, 4.69) is 14.8 Å². The highest BCUT2D eigenvalue weighted by atomic mass is 16.4. The van der Waals surface area contributed by atoms with Gasteiger partial charge in [-0.15, -0.1) is 0 Å². The quantitative estimate of drug-likeness (QED) is 0.371. The van der Waals surface area contributed by atoms with Gasteiger partial charge in [0.1, 0.15) is 17.5 Å². The van der Waals surface area contributed by atoms with E-state index >= 15 is 0 Å². The molecule has 31 heavy (non-hydrogen) atoms. The number of carbonyl (C=O) groups is 2. The predicted octanol–water partition coefficient (Wildman–Crippen LogP) is 3.39. The first-order valence-corrected chi connectivity index (χ1v) is 9.40. The minimum Gasteiger partial charge on any atom is -0.417 e. The fourth-order valence-corrected chi connectivity index (χ4v) is 3.43. The lowest BCUT2D eigenvalue weighted by molar-refractivity contribution is -0.140. The second kappa shape index (κ2) is 7.39. The normalized spacial score (nSPS) is 15.6. The number of hydrogen-bond donors (Lipinski definition) is 0. The maximum atomic E-state index is 12.7. The van der Waals surface area contributed by atoms with Crippen LogP contribution in [0.15, 0.2) is 45.4 Å². The Bertz CT molecular complexity index is 1390. The van der Waals surface area contributed by atoms with Crippen molar-refractivity contribution in [2.45, 2.75) is 13.8 Å². The molecule has 0 bridgehead atoms. The van der Waals surface area contributed by atoms with E-state index in [0.29, 0.717) is 17.2 Å². The van der Waals surface area contributed by atoms with Crippen molar-refractivity contribution in [2.75, 3.05) is 6.54 Å². The van der Waals surface area contributed by atoms with Gasteiger partial charge in [-0.1, -0.05) is 24.3 Å². The summed E-state index contributed by atoms with van der Waals surface area (Å²) in [4.78, 5) is 38.3. The second-order valence-corrected chi connectivity index (χ2v) is 6.86. The average Bonchev–Trinajstić information content (AvgIpc) is 3.30. The van der Waals surface area contributed by atoms with Crippen molar-refractivity contribution in [3.63, 3.8) is 0 Å². The Kier molecular flexibility index (Phi) is 4.72. The van der Waals surface area contributed by atoms with E-state index in [1.807, 2.05) is 6.07 Å². The first-order valence-electron chi connectivity index (χ1n) is 9.40. The number of nitrogens with zero attached hydrogens (tertiary/aromatic N) is 6. The van der Waals surface area contributed by atoms with Crippen LogP contribution in [0.3, 0.4) is 0 Å². The summed E-state index contributed by atoms with van der Waals surface area (Å²) >= 11 is 0. The molecule has 1 aliphatic rings. The van der Waals surface area contributed by atoms with E-state index in [0.717, 1.165) is 10.5 Å². The van der Waals surface area contributed by atoms with Gasteiger partial charge in [-0.3, -0.25) is 14.5 Å². The lowest BCUT2D eigenvalue weighted by Gasteiger charge is -2.25. The highest BCUT2D eigenvalue weighted by Gasteiger charge is 2.34. The number of oxazole rings is 1. The Morgan fingerprint density at radius 1 is 1.23 bits per heavy atom. The number of nitriles is 1. The van der Waals surface area contributed by atoms with E-state index < -0.39 is 11.8 Å². The molecule has 3 aromatic rings. The van der Waals surface area contributed by atoms with Crippen LogP contribution in [0.1, 0.15) is 19.7 Å². The van der Waals surface area contributed by atoms with Crippen LogP contribution in [-0.2, 0) is 16.6 Å². The van der Waals surface area contributed by atoms with Crippen LogP contribution in [0.4, 0.5) is 5.69 Å². The largest absolute Gasteiger partial charge is 0.417 e. The van der Waals surface area contributed by atoms with Crippen LogP contribution in [0.25, 0.3) is 33.7 Å². The van der Waals surface area contributed by atoms with Gasteiger partial charge in [-0.2, -0.15) is 15.2 Å². The molecule has 3 heterocycles. The lowest BCUT2D eigenvalue weighted by atomic mass is 9.95. The Hall–Kier alpha value is -4.50. The number of amides is 2. The SMILES string of the molecule is [C-]#[N+]c1ccc(-c2nc3oc(/C=C4\C(=O)N(CC)C(=O)C(C#N)=C4C)nc3n2C)cc1. The maximum Gasteiger partial charge on any atom is 0.271 e. The number of aromatic nitrogens is 3. The molecule has 0 atom stereocenters. The first-order chi connectivity index (χ1) is 14.9. The Labute approximate surface area is 177 Å². The van der Waals surface area contributed by atoms with E-state index in [1.54, 1.807) is 49.7 Å². The van der Waals surface area contributed by atoms with Crippen LogP contribution < -0.4 is 0 Å². The van der Waals surface area contributed by atoms with Crippen molar-refractivity contribution >= 4 is 34.9 Å². The number of imidazole rings is 1. The number of fused-ring (bicyclic) bond motifs is 1. The third kappa shape index (κ3) is 3.09. The molecular formula is C22H16N6O3. The van der Waals surface area contributed by atoms with Crippen LogP contribution in [-0.4, -0.2) is 37.8 Å². The summed E-state index contributed by atoms with van der Waals surface area (Å²) in [5, 5.41) is 9.34. The fourth-order valence-electron chi connectivity index (χ4n) is 3.43. The van der Waals surface area contributed by atoms with Crippen molar-refractivity contribution in [1.29, 1.82) is 5.26 Å². The molecule has 0 unspecified atom stereocenters. The number of carbonyl (C=O) groups excluding carboxylic acids is 2. The first kappa shape index (κ1) is 19.8. The molecule has 0 aliphatic carbocycles. The number of rotatable bonds is 3. The molecule has 1 aliphatic heterocycles. The van der Waals surface area contributed by atoms with Gasteiger partial charge >= 0.3 is 0 Å². The van der Waals surface area contributed by atoms with Gasteiger partial charge in [0.15, 0.2) is 5.69 Å². The van der Waals surface area contributed by atoms with Crippen molar-refractivity contribution in [3.05, 3.63) is 58.3 Å². The van der Waals surface area contributed by atoms with Crippen LogP contribution in [0.5, 0.6) is 0 Å². The van der Waals surface area contributed by atoms with Gasteiger partial charge in [-0.25, -0.2) is 4.85 Å². The molecule has 0 saturated heterocycles. The molecule has 0 radical (unpaired) electrons. The molecule has 0 spiro atoms. The van der Waals surface area contributed by atoms with Gasteiger partial charge in [0, 0.05) is 30.8 Å². The van der Waals surface area contributed by atoms with Crippen molar-refractivity contribution in [1.82, 2.24) is 19.4 Å². The van der Waals surface area contributed by atoms with E-state index in [4.69, 9.17) is 11.0 Å². The highest BCUT2D eigenvalue weighted by molar-refractivity contribution is 6.19. The van der Waals surface area contributed by atoms with Crippen molar-refractivity contribution in [3.8, 4) is 17.5 Å². The summed E-state index contributed by atoms with van der Waals surface area (Å²) in [6.45, 7) is 10.4. The summed E-state index contributed by atoms with van der Waals surface area (Å²) in [5.74, 6) is -0.331. The van der Waals surface area contributed by atoms with Crippen LogP contribution >= 0.6 is 0 Å². The molecule has 0 N–H and O–H groups in total. The molecule has 0 fully saturated rings. The highest BCUT2D eigenvalue weighted by Crippen LogP contribution is 2.29. The summed E-state index contributed by atoms with van der Waals surface area (Å²) in [5.41, 5.74) is 2.49. The van der Waals surface area contributed by atoms with Crippen molar-refractivity contribution in [2.24, 2.45) is 7.05 Å². The molecular weight excluding hydrogens is 396 g/mol. The van der Waals surface area contributed by atoms with E-state index in [1.165, 1.54) is 6.08 Å². The average molecular weight is 412 g/mol. The van der Waals surface area contributed by atoms with Crippen molar-refractivity contribution < 1.29 is 14.0 Å². The topological polar surface area (TPSA) is 109 Å². The number of aryl methyl sites for hydroxylation is 1. The molecule has 9 heteroatoms. The van der Waals surface area contributed by atoms with Gasteiger partial charge in [0.25, 0.3) is 17.5 Å². The summed E-state index contributed by atoms with van der Waals surface area (Å²) < 4.78 is 7.48. The maximum absolute atomic E-state index is 12.7. The number of benzene rings is 1. The lowest BCUT2D eigenvalue weighted by Crippen LogP contribution is -2.42. The Morgan fingerprint density at radius 3 is 2.52 bits per heavy atom. The van der Waals surface area contributed by atoms with E-state index in [-0.39, 0.29) is 34.9 Å². The minimum absolute atomic E-state index is 0.0768. The fraction of sp³-hybridized carbons (Fsp3) is 0.182. The third-order valence-electron chi connectivity index (χ3n) is 5.12. The smallest absolute Gasteiger partial charge is 0.271 e. The van der Waals surface area contributed by atoms with Gasteiger partial charge in [0.05, 0.1) is 6.57 Å². The number of likely N-dealkylation sites (N-methyl/N-ethyl adjacent to an activating group) is 1. The van der Waals surface area contributed by atoms with Gasteiger partial charge < -0.3 is 8.98 Å². The van der Waals surface area contributed by atoms with Crippen LogP contribution in [0.2, 0.25) is 0 Å². The second-order valence-electron chi connectivity index (χ2n) is 6.86. The predicted molar refractivity (Wildman–Crippen MR) is 111 cm³/mol. The molecule has 2 aromatic heterocycles. The van der Waals surface area contributed by atoms with E-state index in [9.17, 15) is 14.9 Å². The molecule has 0 saturated carbocycles. The third-order valence-corrected chi connectivity index (χ3v) is 5.12. The van der Waals surface area contributed by atoms with Gasteiger partial charge in [0.2, 0.25) is 11.5 Å². The zero-order chi connectivity index (χ0) is 22.3. The number of imide groups is 1. The molecule has 152 valence electrons. The summed E-state index contributed by atoms with van der Waals surface area (Å²) in [6.07, 6.45) is 1.43. The van der Waals surface area contributed by atoms with Crippen LogP contribution in [0, 0.1) is 17.9 Å². The molecule has 2 amide bonds. The Morgan fingerprint density at radius 2 is 1.94 bits per heavy atom. The minimum atomic E-state index is -0.599. The summed E-state index contributed by atoms with van der Waals surface area (Å²) in [6, 6.07) is 8.89.